The number of amides is 2. The number of primary amides is 1. The zero-order chi connectivity index (χ0) is 20.3. The molecule has 1 aromatic heterocycles. The van der Waals surface area contributed by atoms with Crippen molar-refractivity contribution < 1.29 is 22.7 Å². The maximum atomic E-state index is 12.9. The third-order valence-corrected chi connectivity index (χ3v) is 3.74. The van der Waals surface area contributed by atoms with Crippen molar-refractivity contribution in [3.8, 4) is 11.5 Å². The number of anilines is 2. The number of H-pyrrole nitrogens is 1. The number of hydrogen-bond donors (Lipinski definition) is 2. The van der Waals surface area contributed by atoms with Gasteiger partial charge in [0.25, 0.3) is 0 Å². The maximum Gasteiger partial charge on any atom is 0.416 e. The van der Waals surface area contributed by atoms with E-state index in [-0.39, 0.29) is 16.9 Å². The highest BCUT2D eigenvalue weighted by Crippen LogP contribution is 2.34. The van der Waals surface area contributed by atoms with Gasteiger partial charge in [-0.2, -0.15) is 13.2 Å². The number of benzene rings is 2. The lowest BCUT2D eigenvalue weighted by molar-refractivity contribution is -0.137. The van der Waals surface area contributed by atoms with Gasteiger partial charge in [-0.1, -0.05) is 6.07 Å². The Morgan fingerprint density at radius 1 is 0.964 bits per heavy atom. The SMILES string of the molecule is NC(=O)N(c1ccc(Oc2ccc(=O)[nH]c2)cc1)c1cccc(C(F)(F)F)c1. The van der Waals surface area contributed by atoms with Crippen LogP contribution in [0.2, 0.25) is 0 Å². The topological polar surface area (TPSA) is 88.4 Å². The molecule has 0 aliphatic rings. The molecule has 2 aromatic carbocycles. The second kappa shape index (κ2) is 7.47. The second-order valence-corrected chi connectivity index (χ2v) is 5.71. The molecule has 0 saturated heterocycles. The summed E-state index contributed by atoms with van der Waals surface area (Å²) in [6, 6.07) is 12.1. The number of nitrogens with one attached hydrogen (secondary N) is 1. The summed E-state index contributed by atoms with van der Waals surface area (Å²) >= 11 is 0. The van der Waals surface area contributed by atoms with Crippen molar-refractivity contribution in [2.24, 2.45) is 5.73 Å². The van der Waals surface area contributed by atoms with Crippen LogP contribution in [-0.4, -0.2) is 11.0 Å². The molecule has 0 fully saturated rings. The zero-order valence-corrected chi connectivity index (χ0v) is 14.2. The normalized spacial score (nSPS) is 11.1. The third-order valence-electron chi connectivity index (χ3n) is 3.74. The summed E-state index contributed by atoms with van der Waals surface area (Å²) in [4.78, 5) is 26.3. The second-order valence-electron chi connectivity index (χ2n) is 5.71. The molecule has 3 aromatic rings. The molecule has 3 N–H and O–H groups in total. The highest BCUT2D eigenvalue weighted by molar-refractivity contribution is 5.98. The van der Waals surface area contributed by atoms with Crippen molar-refractivity contribution in [3.05, 3.63) is 82.8 Å². The minimum Gasteiger partial charge on any atom is -0.456 e. The summed E-state index contributed by atoms with van der Waals surface area (Å²) in [6.45, 7) is 0. The first-order chi connectivity index (χ1) is 13.2. The quantitative estimate of drug-likeness (QED) is 0.693. The third kappa shape index (κ3) is 4.32. The molecule has 6 nitrogen and oxygen atoms in total. The standard InChI is InChI=1S/C19H14F3N3O3/c20-19(21,22)12-2-1-3-14(10-12)25(18(23)27)13-4-6-15(7-5-13)28-16-8-9-17(26)24-11-16/h1-11H,(H2,23,27)(H,24,26). The summed E-state index contributed by atoms with van der Waals surface area (Å²) in [5.74, 6) is 0.779. The van der Waals surface area contributed by atoms with Gasteiger partial charge < -0.3 is 15.5 Å². The van der Waals surface area contributed by atoms with Crippen LogP contribution < -0.4 is 20.9 Å². The van der Waals surface area contributed by atoms with Crippen LogP contribution in [0.3, 0.4) is 0 Å². The lowest BCUT2D eigenvalue weighted by atomic mass is 10.1. The Hall–Kier alpha value is -3.75. The lowest BCUT2D eigenvalue weighted by Crippen LogP contribution is -2.31. The largest absolute Gasteiger partial charge is 0.456 e. The van der Waals surface area contributed by atoms with Gasteiger partial charge in [0.1, 0.15) is 11.5 Å². The van der Waals surface area contributed by atoms with Crippen LogP contribution in [0, 0.1) is 0 Å². The number of hydrogen-bond acceptors (Lipinski definition) is 3. The van der Waals surface area contributed by atoms with E-state index >= 15 is 0 Å². The van der Waals surface area contributed by atoms with Gasteiger partial charge in [0.15, 0.2) is 0 Å². The molecule has 0 spiro atoms. The Morgan fingerprint density at radius 3 is 2.21 bits per heavy atom. The van der Waals surface area contributed by atoms with E-state index in [0.29, 0.717) is 11.5 Å². The fourth-order valence-corrected chi connectivity index (χ4v) is 2.48. The van der Waals surface area contributed by atoms with Crippen molar-refractivity contribution in [1.82, 2.24) is 4.98 Å². The highest BCUT2D eigenvalue weighted by atomic mass is 19.4. The van der Waals surface area contributed by atoms with Gasteiger partial charge in [0.05, 0.1) is 16.9 Å². The molecule has 2 amide bonds. The van der Waals surface area contributed by atoms with Gasteiger partial charge in [0.2, 0.25) is 5.56 Å². The molecule has 1 heterocycles. The number of carbonyl (C=O) groups is 1. The minimum atomic E-state index is -4.55. The Labute approximate surface area is 157 Å². The first-order valence-corrected chi connectivity index (χ1v) is 7.97. The van der Waals surface area contributed by atoms with E-state index in [0.717, 1.165) is 17.0 Å². The molecule has 144 valence electrons. The number of aromatic nitrogens is 1. The van der Waals surface area contributed by atoms with Crippen molar-refractivity contribution in [2.75, 3.05) is 4.90 Å². The molecule has 0 unspecified atom stereocenters. The molecule has 0 radical (unpaired) electrons. The van der Waals surface area contributed by atoms with Gasteiger partial charge in [-0.25, -0.2) is 4.79 Å². The Bertz CT molecular complexity index is 1030. The molecule has 9 heteroatoms. The molecule has 0 bridgehead atoms. The van der Waals surface area contributed by atoms with Crippen LogP contribution in [0.1, 0.15) is 5.56 Å². The highest BCUT2D eigenvalue weighted by Gasteiger charge is 2.31. The van der Waals surface area contributed by atoms with Crippen LogP contribution in [0.25, 0.3) is 0 Å². The number of rotatable bonds is 4. The zero-order valence-electron chi connectivity index (χ0n) is 14.2. The molecular formula is C19H14F3N3O3. The van der Waals surface area contributed by atoms with E-state index in [1.54, 1.807) is 0 Å². The number of carbonyl (C=O) groups excluding carboxylic acids is 1. The summed E-state index contributed by atoms with van der Waals surface area (Å²) < 4.78 is 44.4. The molecule has 3 rings (SSSR count). The van der Waals surface area contributed by atoms with Gasteiger partial charge in [0, 0.05) is 12.3 Å². The predicted octanol–water partition coefficient (Wildman–Crippen LogP) is 4.40. The number of nitrogens with zero attached hydrogens (tertiary/aromatic N) is 1. The van der Waals surface area contributed by atoms with E-state index < -0.39 is 17.8 Å². The van der Waals surface area contributed by atoms with Crippen LogP contribution in [0.4, 0.5) is 29.3 Å². The number of halogens is 3. The van der Waals surface area contributed by atoms with Crippen LogP contribution in [-0.2, 0) is 6.18 Å². The number of nitrogens with two attached hydrogens (primary N) is 1. The van der Waals surface area contributed by atoms with E-state index in [1.807, 2.05) is 0 Å². The van der Waals surface area contributed by atoms with Crippen molar-refractivity contribution >= 4 is 17.4 Å². The number of aromatic amines is 1. The van der Waals surface area contributed by atoms with E-state index in [9.17, 15) is 22.8 Å². The lowest BCUT2D eigenvalue weighted by Gasteiger charge is -2.22. The fraction of sp³-hybridized carbons (Fsp3) is 0.0526. The molecule has 0 aliphatic heterocycles. The van der Waals surface area contributed by atoms with Gasteiger partial charge in [-0.3, -0.25) is 9.69 Å². The molecule has 0 saturated carbocycles. The van der Waals surface area contributed by atoms with Gasteiger partial charge >= 0.3 is 12.2 Å². The minimum absolute atomic E-state index is 0.0170. The van der Waals surface area contributed by atoms with E-state index in [4.69, 9.17) is 10.5 Å². The first kappa shape index (κ1) is 19.0. The first-order valence-electron chi connectivity index (χ1n) is 7.97. The van der Waals surface area contributed by atoms with E-state index in [2.05, 4.69) is 4.98 Å². The average molecular weight is 389 g/mol. The Kier molecular flexibility index (Phi) is 5.08. The maximum absolute atomic E-state index is 12.9. The van der Waals surface area contributed by atoms with Crippen molar-refractivity contribution in [1.29, 1.82) is 0 Å². The number of alkyl halides is 3. The number of ether oxygens (including phenoxy) is 1. The predicted molar refractivity (Wildman–Crippen MR) is 96.7 cm³/mol. The molecule has 0 atom stereocenters. The van der Waals surface area contributed by atoms with Gasteiger partial charge in [-0.15, -0.1) is 0 Å². The summed E-state index contributed by atoms with van der Waals surface area (Å²) in [7, 11) is 0. The fourth-order valence-electron chi connectivity index (χ4n) is 2.48. The van der Waals surface area contributed by atoms with Crippen LogP contribution in [0.5, 0.6) is 11.5 Å². The van der Waals surface area contributed by atoms with Crippen molar-refractivity contribution in [2.45, 2.75) is 6.18 Å². The summed E-state index contributed by atoms with van der Waals surface area (Å²) in [5.41, 5.74) is 4.45. The molecule has 28 heavy (non-hydrogen) atoms. The average Bonchev–Trinajstić information content (AvgIpc) is 2.64. The number of urea groups is 1. The summed E-state index contributed by atoms with van der Waals surface area (Å²) in [5, 5.41) is 0. The van der Waals surface area contributed by atoms with Crippen LogP contribution >= 0.6 is 0 Å². The van der Waals surface area contributed by atoms with E-state index in [1.165, 1.54) is 54.7 Å². The monoisotopic (exact) mass is 389 g/mol. The summed E-state index contributed by atoms with van der Waals surface area (Å²) in [6.07, 6.45) is -3.16. The number of pyridine rings is 1. The van der Waals surface area contributed by atoms with Gasteiger partial charge in [-0.05, 0) is 48.5 Å². The molecular weight excluding hydrogens is 375 g/mol. The molecule has 0 aliphatic carbocycles. The van der Waals surface area contributed by atoms with Crippen molar-refractivity contribution in [3.63, 3.8) is 0 Å². The smallest absolute Gasteiger partial charge is 0.416 e. The Balaban J connectivity index is 1.88. The Morgan fingerprint density at radius 2 is 1.64 bits per heavy atom. The van der Waals surface area contributed by atoms with Crippen LogP contribution in [0.15, 0.2) is 71.7 Å².